The molecular formula is C15H28. The van der Waals surface area contributed by atoms with Crippen LogP contribution >= 0.6 is 0 Å². The Labute approximate surface area is 96.5 Å². The topological polar surface area (TPSA) is 0 Å². The molecule has 88 valence electrons. The van der Waals surface area contributed by atoms with Crippen molar-refractivity contribution in [3.05, 3.63) is 24.8 Å². The van der Waals surface area contributed by atoms with Crippen LogP contribution in [-0.2, 0) is 0 Å². The van der Waals surface area contributed by atoms with E-state index in [0.717, 1.165) is 5.92 Å². The van der Waals surface area contributed by atoms with Crippen molar-refractivity contribution in [3.63, 3.8) is 0 Å². The van der Waals surface area contributed by atoms with E-state index >= 15 is 0 Å². The highest BCUT2D eigenvalue weighted by atomic mass is 14.0. The van der Waals surface area contributed by atoms with Crippen molar-refractivity contribution in [2.24, 2.45) is 5.92 Å². The van der Waals surface area contributed by atoms with E-state index in [4.69, 9.17) is 0 Å². The van der Waals surface area contributed by atoms with E-state index in [1.165, 1.54) is 51.4 Å². The first-order valence-corrected chi connectivity index (χ1v) is 6.58. The fourth-order valence-corrected chi connectivity index (χ4v) is 1.68. The molecule has 1 unspecified atom stereocenters. The predicted octanol–water partition coefficient (Wildman–Crippen LogP) is 5.51. The van der Waals surface area contributed by atoms with E-state index in [-0.39, 0.29) is 0 Å². The molecule has 0 rings (SSSR count). The quantitative estimate of drug-likeness (QED) is 0.328. The highest BCUT2D eigenvalue weighted by Crippen LogP contribution is 2.12. The molecule has 0 spiro atoms. The van der Waals surface area contributed by atoms with Gasteiger partial charge in [0.1, 0.15) is 0 Å². The Balaban J connectivity index is 3.28. The molecule has 0 aromatic rings. The van der Waals surface area contributed by atoms with Crippen LogP contribution in [0.15, 0.2) is 24.8 Å². The zero-order chi connectivity index (χ0) is 11.4. The van der Waals surface area contributed by atoms with Gasteiger partial charge in [-0.2, -0.15) is 0 Å². The van der Waals surface area contributed by atoms with Gasteiger partial charge in [0.25, 0.3) is 0 Å². The molecule has 0 bridgehead atoms. The van der Waals surface area contributed by atoms with E-state index in [0.29, 0.717) is 0 Å². The van der Waals surface area contributed by atoms with Crippen molar-refractivity contribution in [2.45, 2.75) is 65.2 Å². The minimum Gasteiger partial charge on any atom is -0.103 e. The predicted molar refractivity (Wildman–Crippen MR) is 71.1 cm³/mol. The summed E-state index contributed by atoms with van der Waals surface area (Å²) in [5, 5.41) is 0. The number of unbranched alkanes of at least 4 members (excludes halogenated alkanes) is 5. The molecule has 0 aliphatic heterocycles. The minimum atomic E-state index is 0.769. The van der Waals surface area contributed by atoms with Crippen LogP contribution in [-0.4, -0.2) is 0 Å². The lowest BCUT2D eigenvalue weighted by Gasteiger charge is -2.05. The third-order valence-corrected chi connectivity index (χ3v) is 2.76. The van der Waals surface area contributed by atoms with Crippen LogP contribution in [0, 0.1) is 5.92 Å². The summed E-state index contributed by atoms with van der Waals surface area (Å²) in [6, 6.07) is 0. The van der Waals surface area contributed by atoms with Crippen molar-refractivity contribution in [1.82, 2.24) is 0 Å². The maximum atomic E-state index is 3.74. The third kappa shape index (κ3) is 11.4. The number of allylic oxidation sites excluding steroid dienone is 3. The first kappa shape index (κ1) is 14.5. The molecule has 0 amide bonds. The largest absolute Gasteiger partial charge is 0.103 e. The zero-order valence-corrected chi connectivity index (χ0v) is 10.7. The van der Waals surface area contributed by atoms with Crippen molar-refractivity contribution >= 4 is 0 Å². The molecular weight excluding hydrogens is 180 g/mol. The molecule has 0 heterocycles. The summed E-state index contributed by atoms with van der Waals surface area (Å²) in [5.41, 5.74) is 0. The summed E-state index contributed by atoms with van der Waals surface area (Å²) in [6.07, 6.45) is 17.2. The average molecular weight is 208 g/mol. The van der Waals surface area contributed by atoms with E-state index in [1.54, 1.807) is 0 Å². The molecule has 0 nitrogen and oxygen atoms in total. The molecule has 0 radical (unpaired) electrons. The molecule has 0 aromatic heterocycles. The van der Waals surface area contributed by atoms with Crippen LogP contribution in [0.3, 0.4) is 0 Å². The van der Waals surface area contributed by atoms with Crippen LogP contribution < -0.4 is 0 Å². The van der Waals surface area contributed by atoms with Gasteiger partial charge < -0.3 is 0 Å². The van der Waals surface area contributed by atoms with Gasteiger partial charge in [-0.05, 0) is 31.6 Å². The van der Waals surface area contributed by atoms with Crippen LogP contribution in [0.1, 0.15) is 65.2 Å². The Morgan fingerprint density at radius 2 is 1.87 bits per heavy atom. The summed E-state index contributed by atoms with van der Waals surface area (Å²) < 4.78 is 0. The molecule has 0 heteroatoms. The molecule has 0 N–H and O–H groups in total. The highest BCUT2D eigenvalue weighted by Gasteiger charge is 1.96. The lowest BCUT2D eigenvalue weighted by Crippen LogP contribution is -1.89. The summed E-state index contributed by atoms with van der Waals surface area (Å²) in [5.74, 6) is 0.769. The normalized spacial score (nSPS) is 13.2. The maximum Gasteiger partial charge on any atom is -0.0262 e. The summed E-state index contributed by atoms with van der Waals surface area (Å²) in [7, 11) is 0. The molecule has 0 aliphatic rings. The summed E-state index contributed by atoms with van der Waals surface area (Å²) >= 11 is 0. The fourth-order valence-electron chi connectivity index (χ4n) is 1.68. The first-order valence-electron chi connectivity index (χ1n) is 6.58. The summed E-state index contributed by atoms with van der Waals surface area (Å²) in [4.78, 5) is 0. The fraction of sp³-hybridized carbons (Fsp3) is 0.733. The molecule has 0 saturated heterocycles. The van der Waals surface area contributed by atoms with Gasteiger partial charge >= 0.3 is 0 Å². The maximum absolute atomic E-state index is 3.74. The third-order valence-electron chi connectivity index (χ3n) is 2.76. The van der Waals surface area contributed by atoms with Gasteiger partial charge in [0.05, 0.1) is 0 Å². The molecule has 0 saturated carbocycles. The van der Waals surface area contributed by atoms with Crippen LogP contribution in [0.5, 0.6) is 0 Å². The second-order valence-electron chi connectivity index (χ2n) is 4.47. The average Bonchev–Trinajstić information content (AvgIpc) is 2.24. The van der Waals surface area contributed by atoms with Gasteiger partial charge in [0.2, 0.25) is 0 Å². The Morgan fingerprint density at radius 1 is 1.07 bits per heavy atom. The van der Waals surface area contributed by atoms with Gasteiger partial charge in [-0.3, -0.25) is 0 Å². The standard InChI is InChI=1S/C15H28/c1-4-6-8-10-12-14-15(3)13-11-9-7-5-2/h4,11,13,15H,1,5-10,12,14H2,2-3H3. The lowest BCUT2D eigenvalue weighted by atomic mass is 10.0. The molecule has 0 aliphatic carbocycles. The van der Waals surface area contributed by atoms with E-state index in [9.17, 15) is 0 Å². The highest BCUT2D eigenvalue weighted by molar-refractivity contribution is 4.86. The van der Waals surface area contributed by atoms with E-state index in [2.05, 4.69) is 32.6 Å². The van der Waals surface area contributed by atoms with Crippen LogP contribution in [0.2, 0.25) is 0 Å². The smallest absolute Gasteiger partial charge is 0.0262 e. The van der Waals surface area contributed by atoms with Crippen LogP contribution in [0.25, 0.3) is 0 Å². The minimum absolute atomic E-state index is 0.769. The van der Waals surface area contributed by atoms with Crippen LogP contribution in [0.4, 0.5) is 0 Å². The first-order chi connectivity index (χ1) is 7.31. The second-order valence-corrected chi connectivity index (χ2v) is 4.47. The van der Waals surface area contributed by atoms with E-state index in [1.807, 2.05) is 6.08 Å². The SMILES string of the molecule is C=CCCCCCC(C)C=CCCCC. The molecule has 0 aromatic carbocycles. The van der Waals surface area contributed by atoms with Crippen molar-refractivity contribution in [3.8, 4) is 0 Å². The van der Waals surface area contributed by atoms with Crippen molar-refractivity contribution < 1.29 is 0 Å². The molecule has 1 atom stereocenters. The summed E-state index contributed by atoms with van der Waals surface area (Å²) in [6.45, 7) is 8.32. The Morgan fingerprint density at radius 3 is 2.53 bits per heavy atom. The zero-order valence-electron chi connectivity index (χ0n) is 10.7. The Hall–Kier alpha value is -0.520. The molecule has 0 fully saturated rings. The monoisotopic (exact) mass is 208 g/mol. The van der Waals surface area contributed by atoms with Gasteiger partial charge in [-0.1, -0.05) is 57.8 Å². The Kier molecular flexibility index (Phi) is 11.2. The molecule has 15 heavy (non-hydrogen) atoms. The lowest BCUT2D eigenvalue weighted by molar-refractivity contribution is 0.566. The van der Waals surface area contributed by atoms with E-state index < -0.39 is 0 Å². The number of rotatable bonds is 10. The van der Waals surface area contributed by atoms with Gasteiger partial charge in [-0.15, -0.1) is 6.58 Å². The van der Waals surface area contributed by atoms with Crippen molar-refractivity contribution in [2.75, 3.05) is 0 Å². The van der Waals surface area contributed by atoms with Gasteiger partial charge in [-0.25, -0.2) is 0 Å². The Bertz CT molecular complexity index is 155. The number of hydrogen-bond acceptors (Lipinski definition) is 0. The second kappa shape index (κ2) is 11.6. The van der Waals surface area contributed by atoms with Gasteiger partial charge in [0, 0.05) is 0 Å². The number of hydrogen-bond donors (Lipinski definition) is 0. The van der Waals surface area contributed by atoms with Gasteiger partial charge in [0.15, 0.2) is 0 Å². The van der Waals surface area contributed by atoms with Crippen molar-refractivity contribution in [1.29, 1.82) is 0 Å².